The first-order valence-corrected chi connectivity index (χ1v) is 7.51. The molecule has 0 spiro atoms. The molecular weight excluding hydrogens is 378 g/mol. The van der Waals surface area contributed by atoms with Crippen LogP contribution < -0.4 is 5.32 Å². The van der Waals surface area contributed by atoms with E-state index >= 15 is 0 Å². The summed E-state index contributed by atoms with van der Waals surface area (Å²) in [6.07, 6.45) is 0.885. The second-order valence-electron chi connectivity index (χ2n) is 3.82. The van der Waals surface area contributed by atoms with Gasteiger partial charge in [0.2, 0.25) is 0 Å². The van der Waals surface area contributed by atoms with Gasteiger partial charge in [-0.15, -0.1) is 0 Å². The number of benzene rings is 1. The van der Waals surface area contributed by atoms with Crippen LogP contribution in [0.1, 0.15) is 30.1 Å². The third kappa shape index (κ3) is 6.20. The minimum atomic E-state index is -0.234. The molecule has 0 radical (unpaired) electrons. The molecule has 0 atom stereocenters. The third-order valence-corrected chi connectivity index (χ3v) is 3.19. The molecule has 4 nitrogen and oxygen atoms in total. The molecule has 1 amide bonds. The summed E-state index contributed by atoms with van der Waals surface area (Å²) in [6.45, 7) is 2.60. The number of rotatable bonds is 6. The van der Waals surface area contributed by atoms with Crippen LogP contribution >= 0.6 is 31.9 Å². The Morgan fingerprint density at radius 1 is 1.21 bits per heavy atom. The highest BCUT2D eigenvalue weighted by atomic mass is 79.9. The van der Waals surface area contributed by atoms with Crippen molar-refractivity contribution in [3.05, 3.63) is 32.7 Å². The lowest BCUT2D eigenvalue weighted by atomic mass is 10.2. The maximum Gasteiger partial charge on any atom is 0.305 e. The zero-order chi connectivity index (χ0) is 14.3. The molecule has 0 bridgehead atoms. The summed E-state index contributed by atoms with van der Waals surface area (Å²) >= 11 is 6.66. The van der Waals surface area contributed by atoms with Crippen molar-refractivity contribution in [1.29, 1.82) is 0 Å². The minimum Gasteiger partial charge on any atom is -0.466 e. The van der Waals surface area contributed by atoms with Crippen molar-refractivity contribution < 1.29 is 14.3 Å². The molecule has 0 unspecified atom stereocenters. The Kier molecular flexibility index (Phi) is 7.09. The number of nitrogens with one attached hydrogen (secondary N) is 1. The van der Waals surface area contributed by atoms with Crippen molar-refractivity contribution >= 4 is 43.7 Å². The Morgan fingerprint density at radius 2 is 1.84 bits per heavy atom. The molecule has 1 N–H and O–H groups in total. The van der Waals surface area contributed by atoms with E-state index in [0.717, 1.165) is 8.95 Å². The molecule has 0 heterocycles. The maximum atomic E-state index is 11.9. The Hall–Kier alpha value is -0.880. The average molecular weight is 393 g/mol. The van der Waals surface area contributed by atoms with Crippen LogP contribution in [0.3, 0.4) is 0 Å². The SMILES string of the molecule is CCOC(=O)CCCNC(=O)c1cc(Br)cc(Br)c1. The molecule has 0 aromatic heterocycles. The summed E-state index contributed by atoms with van der Waals surface area (Å²) in [5, 5.41) is 2.76. The van der Waals surface area contributed by atoms with Gasteiger partial charge in [0, 0.05) is 27.5 Å². The Balaban J connectivity index is 2.37. The van der Waals surface area contributed by atoms with Gasteiger partial charge in [-0.1, -0.05) is 31.9 Å². The van der Waals surface area contributed by atoms with Crippen LogP contribution in [0.2, 0.25) is 0 Å². The van der Waals surface area contributed by atoms with Crippen molar-refractivity contribution in [2.24, 2.45) is 0 Å². The molecule has 0 fully saturated rings. The van der Waals surface area contributed by atoms with Gasteiger partial charge in [0.05, 0.1) is 6.61 Å². The van der Waals surface area contributed by atoms with Gasteiger partial charge in [0.25, 0.3) is 5.91 Å². The van der Waals surface area contributed by atoms with Crippen LogP contribution in [-0.4, -0.2) is 25.0 Å². The summed E-state index contributed by atoms with van der Waals surface area (Å²) in [5.74, 6) is -0.396. The molecular formula is C13H15Br2NO3. The standard InChI is InChI=1S/C13H15Br2NO3/c1-2-19-12(17)4-3-5-16-13(18)9-6-10(14)8-11(15)7-9/h6-8H,2-5H2,1H3,(H,16,18). The van der Waals surface area contributed by atoms with Crippen LogP contribution in [-0.2, 0) is 9.53 Å². The molecule has 6 heteroatoms. The zero-order valence-electron chi connectivity index (χ0n) is 10.5. The molecule has 19 heavy (non-hydrogen) atoms. The van der Waals surface area contributed by atoms with Crippen molar-refractivity contribution in [3.8, 4) is 0 Å². The van der Waals surface area contributed by atoms with Crippen molar-refractivity contribution in [2.75, 3.05) is 13.2 Å². The van der Waals surface area contributed by atoms with E-state index < -0.39 is 0 Å². The van der Waals surface area contributed by atoms with Crippen molar-refractivity contribution in [1.82, 2.24) is 5.32 Å². The van der Waals surface area contributed by atoms with Crippen LogP contribution in [0.25, 0.3) is 0 Å². The molecule has 1 aromatic carbocycles. The van der Waals surface area contributed by atoms with Gasteiger partial charge in [-0.3, -0.25) is 9.59 Å². The van der Waals surface area contributed by atoms with Gasteiger partial charge in [-0.05, 0) is 31.5 Å². The first-order chi connectivity index (χ1) is 9.02. The molecule has 0 aliphatic rings. The second-order valence-corrected chi connectivity index (χ2v) is 5.65. The molecule has 1 aromatic rings. The smallest absolute Gasteiger partial charge is 0.305 e. The fraction of sp³-hybridized carbons (Fsp3) is 0.385. The number of hydrogen-bond donors (Lipinski definition) is 1. The Labute approximate surface area is 129 Å². The van der Waals surface area contributed by atoms with Gasteiger partial charge in [0.15, 0.2) is 0 Å². The van der Waals surface area contributed by atoms with Gasteiger partial charge >= 0.3 is 5.97 Å². The number of ether oxygens (including phenoxy) is 1. The first kappa shape index (κ1) is 16.2. The van der Waals surface area contributed by atoms with Crippen molar-refractivity contribution in [3.63, 3.8) is 0 Å². The van der Waals surface area contributed by atoms with E-state index in [1.165, 1.54) is 0 Å². The van der Waals surface area contributed by atoms with Crippen LogP contribution in [0.4, 0.5) is 0 Å². The maximum absolute atomic E-state index is 11.9. The van der Waals surface area contributed by atoms with Gasteiger partial charge in [-0.2, -0.15) is 0 Å². The largest absolute Gasteiger partial charge is 0.466 e. The summed E-state index contributed by atoms with van der Waals surface area (Å²) in [7, 11) is 0. The fourth-order valence-electron chi connectivity index (χ4n) is 1.45. The highest BCUT2D eigenvalue weighted by molar-refractivity contribution is 9.11. The zero-order valence-corrected chi connectivity index (χ0v) is 13.7. The Bertz CT molecular complexity index is 443. The lowest BCUT2D eigenvalue weighted by molar-refractivity contribution is -0.143. The lowest BCUT2D eigenvalue weighted by Crippen LogP contribution is -2.25. The minimum absolute atomic E-state index is 0.161. The van der Waals surface area contributed by atoms with E-state index in [9.17, 15) is 9.59 Å². The molecule has 0 aliphatic carbocycles. The van der Waals surface area contributed by atoms with Gasteiger partial charge in [0.1, 0.15) is 0 Å². The summed E-state index contributed by atoms with van der Waals surface area (Å²) in [6, 6.07) is 5.34. The van der Waals surface area contributed by atoms with E-state index in [-0.39, 0.29) is 11.9 Å². The van der Waals surface area contributed by atoms with Gasteiger partial charge < -0.3 is 10.1 Å². The third-order valence-electron chi connectivity index (χ3n) is 2.27. The van der Waals surface area contributed by atoms with Crippen LogP contribution in [0.5, 0.6) is 0 Å². The molecule has 0 saturated heterocycles. The monoisotopic (exact) mass is 391 g/mol. The predicted molar refractivity (Wildman–Crippen MR) is 80.0 cm³/mol. The molecule has 104 valence electrons. The van der Waals surface area contributed by atoms with E-state index in [0.29, 0.717) is 31.6 Å². The molecule has 0 saturated carbocycles. The normalized spacial score (nSPS) is 10.1. The van der Waals surface area contributed by atoms with E-state index in [1.807, 2.05) is 6.07 Å². The topological polar surface area (TPSA) is 55.4 Å². The number of carbonyl (C=O) groups is 2. The van der Waals surface area contributed by atoms with Crippen molar-refractivity contribution in [2.45, 2.75) is 19.8 Å². The number of esters is 1. The number of halogens is 2. The van der Waals surface area contributed by atoms with Crippen LogP contribution in [0, 0.1) is 0 Å². The average Bonchev–Trinajstić information content (AvgIpc) is 2.33. The van der Waals surface area contributed by atoms with Gasteiger partial charge in [-0.25, -0.2) is 0 Å². The molecule has 0 aliphatic heterocycles. The highest BCUT2D eigenvalue weighted by Gasteiger charge is 2.07. The summed E-state index contributed by atoms with van der Waals surface area (Å²) in [5.41, 5.74) is 0.567. The predicted octanol–water partition coefficient (Wildman–Crippen LogP) is 3.28. The fourth-order valence-corrected chi connectivity index (χ4v) is 2.75. The number of amides is 1. The Morgan fingerprint density at radius 3 is 2.42 bits per heavy atom. The number of hydrogen-bond acceptors (Lipinski definition) is 3. The quantitative estimate of drug-likeness (QED) is 0.597. The van der Waals surface area contributed by atoms with Crippen LogP contribution in [0.15, 0.2) is 27.1 Å². The second kappa shape index (κ2) is 8.32. The highest BCUT2D eigenvalue weighted by Crippen LogP contribution is 2.19. The van der Waals surface area contributed by atoms with E-state index in [1.54, 1.807) is 19.1 Å². The molecule has 1 rings (SSSR count). The van der Waals surface area contributed by atoms with E-state index in [4.69, 9.17) is 4.74 Å². The lowest BCUT2D eigenvalue weighted by Gasteiger charge is -2.06. The van der Waals surface area contributed by atoms with E-state index in [2.05, 4.69) is 37.2 Å². The summed E-state index contributed by atoms with van der Waals surface area (Å²) in [4.78, 5) is 23.0. The summed E-state index contributed by atoms with van der Waals surface area (Å²) < 4.78 is 6.46. The first-order valence-electron chi connectivity index (χ1n) is 5.93. The number of carbonyl (C=O) groups excluding carboxylic acids is 2.